The molecular formula is C20H11F6N. The molecule has 0 saturated heterocycles. The standard InChI is InChI=1S/C20H11F6N/c21-19(22,23)12-6-8-15-16-9-7-13(20(24,25)26)11-18(16)27(17(15)10-12)14-4-2-1-3-5-14/h1-11H. The molecule has 0 aliphatic carbocycles. The van der Waals surface area contributed by atoms with Gasteiger partial charge in [0.25, 0.3) is 0 Å². The number of rotatable bonds is 1. The van der Waals surface area contributed by atoms with Gasteiger partial charge >= 0.3 is 12.4 Å². The number of hydrogen-bond donors (Lipinski definition) is 0. The number of aromatic nitrogens is 1. The van der Waals surface area contributed by atoms with Crippen molar-refractivity contribution in [3.63, 3.8) is 0 Å². The lowest BCUT2D eigenvalue weighted by Crippen LogP contribution is -2.05. The van der Waals surface area contributed by atoms with Crippen LogP contribution in [0.4, 0.5) is 26.3 Å². The molecule has 7 heteroatoms. The number of alkyl halides is 6. The lowest BCUT2D eigenvalue weighted by atomic mass is 10.1. The highest BCUT2D eigenvalue weighted by Crippen LogP contribution is 2.39. The van der Waals surface area contributed by atoms with Crippen LogP contribution in [-0.4, -0.2) is 4.57 Å². The summed E-state index contributed by atoms with van der Waals surface area (Å²) in [6.45, 7) is 0. The molecule has 138 valence electrons. The fraction of sp³-hybridized carbons (Fsp3) is 0.100. The maximum atomic E-state index is 13.2. The van der Waals surface area contributed by atoms with Gasteiger partial charge in [-0.25, -0.2) is 0 Å². The molecule has 0 fully saturated rings. The molecule has 0 bridgehead atoms. The molecule has 0 aliphatic rings. The highest BCUT2D eigenvalue weighted by molar-refractivity contribution is 6.09. The minimum absolute atomic E-state index is 0.199. The van der Waals surface area contributed by atoms with E-state index in [1.807, 2.05) is 0 Å². The number of fused-ring (bicyclic) bond motifs is 3. The Morgan fingerprint density at radius 1 is 0.556 bits per heavy atom. The topological polar surface area (TPSA) is 4.93 Å². The molecule has 1 aromatic heterocycles. The molecule has 0 aliphatic heterocycles. The number of benzene rings is 3. The molecule has 4 aromatic rings. The fourth-order valence-electron chi connectivity index (χ4n) is 3.23. The van der Waals surface area contributed by atoms with Crippen molar-refractivity contribution in [1.82, 2.24) is 4.57 Å². The van der Waals surface area contributed by atoms with Crippen molar-refractivity contribution in [3.8, 4) is 5.69 Å². The second-order valence-corrected chi connectivity index (χ2v) is 6.13. The molecule has 0 unspecified atom stereocenters. The number of para-hydroxylation sites is 1. The van der Waals surface area contributed by atoms with Crippen LogP contribution in [0.15, 0.2) is 66.7 Å². The number of hydrogen-bond acceptors (Lipinski definition) is 0. The van der Waals surface area contributed by atoms with Crippen molar-refractivity contribution in [2.24, 2.45) is 0 Å². The second-order valence-electron chi connectivity index (χ2n) is 6.13. The van der Waals surface area contributed by atoms with Crippen LogP contribution in [0, 0.1) is 0 Å². The van der Waals surface area contributed by atoms with E-state index >= 15 is 0 Å². The van der Waals surface area contributed by atoms with E-state index in [9.17, 15) is 26.3 Å². The third-order valence-corrected chi connectivity index (χ3v) is 4.44. The molecule has 0 radical (unpaired) electrons. The highest BCUT2D eigenvalue weighted by Gasteiger charge is 2.33. The summed E-state index contributed by atoms with van der Waals surface area (Å²) in [7, 11) is 0. The third-order valence-electron chi connectivity index (χ3n) is 4.44. The van der Waals surface area contributed by atoms with Crippen molar-refractivity contribution in [3.05, 3.63) is 77.9 Å². The molecule has 0 atom stereocenters. The zero-order valence-corrected chi connectivity index (χ0v) is 13.6. The quantitative estimate of drug-likeness (QED) is 0.320. The Balaban J connectivity index is 2.14. The molecule has 0 N–H and O–H groups in total. The van der Waals surface area contributed by atoms with Crippen LogP contribution >= 0.6 is 0 Å². The van der Waals surface area contributed by atoms with E-state index in [4.69, 9.17) is 0 Å². The van der Waals surface area contributed by atoms with E-state index in [1.165, 1.54) is 16.7 Å². The molecule has 1 nitrogen and oxygen atoms in total. The van der Waals surface area contributed by atoms with Gasteiger partial charge in [-0.2, -0.15) is 26.3 Å². The summed E-state index contributed by atoms with van der Waals surface area (Å²) in [4.78, 5) is 0. The van der Waals surface area contributed by atoms with Crippen LogP contribution in [0.3, 0.4) is 0 Å². The normalized spacial score (nSPS) is 12.8. The summed E-state index contributed by atoms with van der Waals surface area (Å²) in [6, 6.07) is 14.8. The highest BCUT2D eigenvalue weighted by atomic mass is 19.4. The zero-order chi connectivity index (χ0) is 19.4. The van der Waals surface area contributed by atoms with E-state index in [2.05, 4.69) is 0 Å². The zero-order valence-electron chi connectivity index (χ0n) is 13.6. The van der Waals surface area contributed by atoms with Crippen molar-refractivity contribution in [2.75, 3.05) is 0 Å². The second kappa shape index (κ2) is 5.77. The minimum atomic E-state index is -4.55. The van der Waals surface area contributed by atoms with Gasteiger partial charge < -0.3 is 4.57 Å². The van der Waals surface area contributed by atoms with Crippen molar-refractivity contribution < 1.29 is 26.3 Å². The predicted octanol–water partition coefficient (Wildman–Crippen LogP) is 6.82. The monoisotopic (exact) mass is 379 g/mol. The molecular weight excluding hydrogens is 368 g/mol. The first-order chi connectivity index (χ1) is 12.7. The third kappa shape index (κ3) is 2.93. The predicted molar refractivity (Wildman–Crippen MR) is 90.8 cm³/mol. The molecule has 1 heterocycles. The van der Waals surface area contributed by atoms with Crippen LogP contribution in [0.1, 0.15) is 11.1 Å². The van der Waals surface area contributed by atoms with Crippen LogP contribution in [-0.2, 0) is 12.4 Å². The lowest BCUT2D eigenvalue weighted by Gasteiger charge is -2.11. The Labute approximate surface area is 149 Å². The maximum Gasteiger partial charge on any atom is 0.416 e. The maximum absolute atomic E-state index is 13.2. The molecule has 4 rings (SSSR count). The Kier molecular flexibility index (Phi) is 3.73. The fourth-order valence-corrected chi connectivity index (χ4v) is 3.23. The largest absolute Gasteiger partial charge is 0.416 e. The summed E-state index contributed by atoms with van der Waals surface area (Å²) in [5.41, 5.74) is -0.830. The van der Waals surface area contributed by atoms with E-state index in [1.54, 1.807) is 30.3 Å². The van der Waals surface area contributed by atoms with Gasteiger partial charge in [-0.05, 0) is 36.4 Å². The van der Waals surface area contributed by atoms with Crippen molar-refractivity contribution in [2.45, 2.75) is 12.4 Å². The summed E-state index contributed by atoms with van der Waals surface area (Å²) in [6.07, 6.45) is -9.10. The minimum Gasteiger partial charge on any atom is -0.309 e. The van der Waals surface area contributed by atoms with Crippen molar-refractivity contribution >= 4 is 21.8 Å². The summed E-state index contributed by atoms with van der Waals surface area (Å²) in [5.74, 6) is 0. The van der Waals surface area contributed by atoms with Gasteiger partial charge in [0, 0.05) is 16.5 Å². The average Bonchev–Trinajstić information content (AvgIpc) is 2.94. The smallest absolute Gasteiger partial charge is 0.309 e. The number of nitrogens with zero attached hydrogens (tertiary/aromatic N) is 1. The SMILES string of the molecule is FC(F)(F)c1ccc2c3ccc(C(F)(F)F)cc3n(-c3ccccc3)c2c1. The Bertz CT molecular complexity index is 1070. The van der Waals surface area contributed by atoms with Crippen LogP contribution in [0.2, 0.25) is 0 Å². The summed E-state index contributed by atoms with van der Waals surface area (Å²) >= 11 is 0. The van der Waals surface area contributed by atoms with Crippen molar-refractivity contribution in [1.29, 1.82) is 0 Å². The molecule has 3 aromatic carbocycles. The van der Waals surface area contributed by atoms with E-state index < -0.39 is 23.5 Å². The summed E-state index contributed by atoms with van der Waals surface area (Å²) in [5, 5.41) is 0.908. The lowest BCUT2D eigenvalue weighted by molar-refractivity contribution is -0.138. The molecule has 0 saturated carbocycles. The number of halogens is 6. The van der Waals surface area contributed by atoms with E-state index in [-0.39, 0.29) is 11.0 Å². The molecule has 27 heavy (non-hydrogen) atoms. The first-order valence-corrected chi connectivity index (χ1v) is 7.94. The van der Waals surface area contributed by atoms with Gasteiger partial charge in [-0.15, -0.1) is 0 Å². The first-order valence-electron chi connectivity index (χ1n) is 7.94. The van der Waals surface area contributed by atoms with Gasteiger partial charge in [-0.1, -0.05) is 30.3 Å². The molecule has 0 spiro atoms. The van der Waals surface area contributed by atoms with E-state index in [0.29, 0.717) is 16.5 Å². The Hall–Kier alpha value is -2.96. The first kappa shape index (κ1) is 17.5. The van der Waals surface area contributed by atoms with E-state index in [0.717, 1.165) is 24.3 Å². The van der Waals surface area contributed by atoms with Crippen LogP contribution < -0.4 is 0 Å². The summed E-state index contributed by atoms with van der Waals surface area (Å²) < 4.78 is 80.4. The van der Waals surface area contributed by atoms with Crippen LogP contribution in [0.25, 0.3) is 27.5 Å². The van der Waals surface area contributed by atoms with Crippen LogP contribution in [0.5, 0.6) is 0 Å². The van der Waals surface area contributed by atoms with Gasteiger partial charge in [0.1, 0.15) is 0 Å². The van der Waals surface area contributed by atoms with Gasteiger partial charge in [0.2, 0.25) is 0 Å². The average molecular weight is 379 g/mol. The Morgan fingerprint density at radius 3 is 1.41 bits per heavy atom. The van der Waals surface area contributed by atoms with Gasteiger partial charge in [0.05, 0.1) is 22.2 Å². The van der Waals surface area contributed by atoms with Gasteiger partial charge in [0.15, 0.2) is 0 Å². The van der Waals surface area contributed by atoms with Gasteiger partial charge in [-0.3, -0.25) is 0 Å². The molecule has 0 amide bonds. The Morgan fingerprint density at radius 2 is 1.00 bits per heavy atom.